The Morgan fingerprint density at radius 1 is 1.39 bits per heavy atom. The van der Waals surface area contributed by atoms with Crippen LogP contribution in [0.2, 0.25) is 0 Å². The van der Waals surface area contributed by atoms with Crippen LogP contribution in [0.25, 0.3) is 0 Å². The van der Waals surface area contributed by atoms with E-state index >= 15 is 0 Å². The first kappa shape index (κ1) is 14.7. The number of hydrogen-bond donors (Lipinski definition) is 2. The molecule has 0 aromatic heterocycles. The van der Waals surface area contributed by atoms with Gasteiger partial charge in [-0.2, -0.15) is 0 Å². The van der Waals surface area contributed by atoms with E-state index in [-0.39, 0.29) is 12.5 Å². The highest BCUT2D eigenvalue weighted by molar-refractivity contribution is 5.75. The van der Waals surface area contributed by atoms with Gasteiger partial charge in [0.1, 0.15) is 0 Å². The van der Waals surface area contributed by atoms with Crippen molar-refractivity contribution in [2.45, 2.75) is 46.1 Å². The lowest BCUT2D eigenvalue weighted by Gasteiger charge is -2.12. The molecule has 0 saturated heterocycles. The second-order valence-electron chi connectivity index (χ2n) is 4.94. The van der Waals surface area contributed by atoms with Gasteiger partial charge in [-0.05, 0) is 36.0 Å². The number of nitrogens with one attached hydrogen (secondary N) is 1. The summed E-state index contributed by atoms with van der Waals surface area (Å²) in [5.74, 6) is 0.493. The summed E-state index contributed by atoms with van der Waals surface area (Å²) in [4.78, 5) is 11.5. The minimum absolute atomic E-state index is 0.00148. The number of benzene rings is 1. The third kappa shape index (κ3) is 4.49. The summed E-state index contributed by atoms with van der Waals surface area (Å²) in [5.41, 5.74) is 3.65. The zero-order chi connectivity index (χ0) is 13.5. The highest BCUT2D eigenvalue weighted by Crippen LogP contribution is 2.18. The summed E-state index contributed by atoms with van der Waals surface area (Å²) in [7, 11) is 0. The van der Waals surface area contributed by atoms with Crippen LogP contribution >= 0.6 is 0 Å². The number of hydrogen-bond acceptors (Lipinski definition) is 2. The Balaban J connectivity index is 2.61. The van der Waals surface area contributed by atoms with E-state index in [1.807, 2.05) is 0 Å². The molecule has 3 nitrogen and oxygen atoms in total. The van der Waals surface area contributed by atoms with Crippen LogP contribution in [0, 0.1) is 6.92 Å². The van der Waals surface area contributed by atoms with Crippen LogP contribution in [0.1, 0.15) is 49.3 Å². The Kier molecular flexibility index (Phi) is 5.86. The third-order valence-corrected chi connectivity index (χ3v) is 3.08. The Morgan fingerprint density at radius 2 is 2.11 bits per heavy atom. The maximum Gasteiger partial charge on any atom is 0.220 e. The number of rotatable bonds is 6. The van der Waals surface area contributed by atoms with Gasteiger partial charge in [0.05, 0.1) is 0 Å². The molecule has 0 heterocycles. The van der Waals surface area contributed by atoms with E-state index in [4.69, 9.17) is 5.11 Å². The minimum atomic E-state index is -0.00148. The van der Waals surface area contributed by atoms with Crippen molar-refractivity contribution in [2.75, 3.05) is 6.61 Å². The first-order valence-electron chi connectivity index (χ1n) is 6.51. The van der Waals surface area contributed by atoms with E-state index in [0.717, 1.165) is 0 Å². The molecule has 0 bridgehead atoms. The lowest BCUT2D eigenvalue weighted by atomic mass is 9.98. The number of aliphatic hydroxyl groups is 1. The van der Waals surface area contributed by atoms with Crippen LogP contribution in [-0.4, -0.2) is 17.6 Å². The summed E-state index contributed by atoms with van der Waals surface area (Å²) in [6.45, 7) is 7.01. The van der Waals surface area contributed by atoms with Gasteiger partial charge in [0.25, 0.3) is 0 Å². The summed E-state index contributed by atoms with van der Waals surface area (Å²) < 4.78 is 0. The Morgan fingerprint density at radius 3 is 2.72 bits per heavy atom. The van der Waals surface area contributed by atoms with Crippen molar-refractivity contribution in [3.63, 3.8) is 0 Å². The number of aliphatic hydroxyl groups excluding tert-OH is 1. The molecular weight excluding hydrogens is 226 g/mol. The zero-order valence-corrected chi connectivity index (χ0v) is 11.5. The summed E-state index contributed by atoms with van der Waals surface area (Å²) in [6, 6.07) is 6.40. The maximum atomic E-state index is 11.5. The maximum absolute atomic E-state index is 11.5. The molecule has 0 aliphatic rings. The Labute approximate surface area is 109 Å². The standard InChI is InChI=1S/C15H23NO2/c1-11(2)13-7-6-12(3)14(9-13)10-16-15(18)5-4-8-17/h6-7,9,11,17H,4-5,8,10H2,1-3H3,(H,16,18). The predicted molar refractivity (Wildman–Crippen MR) is 73.4 cm³/mol. The molecule has 1 aromatic rings. The van der Waals surface area contributed by atoms with Crippen molar-refractivity contribution in [3.05, 3.63) is 34.9 Å². The molecule has 0 unspecified atom stereocenters. The van der Waals surface area contributed by atoms with Crippen LogP contribution in [0.5, 0.6) is 0 Å². The van der Waals surface area contributed by atoms with Crippen molar-refractivity contribution in [3.8, 4) is 0 Å². The van der Waals surface area contributed by atoms with Crippen LogP contribution in [0.4, 0.5) is 0 Å². The molecule has 0 atom stereocenters. The van der Waals surface area contributed by atoms with Gasteiger partial charge in [0, 0.05) is 19.6 Å². The van der Waals surface area contributed by atoms with Crippen LogP contribution in [0.15, 0.2) is 18.2 Å². The van der Waals surface area contributed by atoms with Crippen molar-refractivity contribution in [2.24, 2.45) is 0 Å². The molecular formula is C15H23NO2. The second-order valence-corrected chi connectivity index (χ2v) is 4.94. The van der Waals surface area contributed by atoms with E-state index in [9.17, 15) is 4.79 Å². The molecule has 18 heavy (non-hydrogen) atoms. The number of aryl methyl sites for hydroxylation is 1. The number of carbonyl (C=O) groups excluding carboxylic acids is 1. The van der Waals surface area contributed by atoms with Crippen LogP contribution in [-0.2, 0) is 11.3 Å². The van der Waals surface area contributed by atoms with Gasteiger partial charge in [-0.15, -0.1) is 0 Å². The Hall–Kier alpha value is -1.35. The summed E-state index contributed by atoms with van der Waals surface area (Å²) in [5, 5.41) is 11.6. The number of carbonyl (C=O) groups is 1. The van der Waals surface area contributed by atoms with Gasteiger partial charge in [0.15, 0.2) is 0 Å². The molecule has 1 aromatic carbocycles. The predicted octanol–water partition coefficient (Wildman–Crippen LogP) is 2.51. The fraction of sp³-hybridized carbons (Fsp3) is 0.533. The lowest BCUT2D eigenvalue weighted by Crippen LogP contribution is -2.23. The normalized spacial score (nSPS) is 10.7. The molecule has 0 aliphatic carbocycles. The van der Waals surface area contributed by atoms with E-state index < -0.39 is 0 Å². The van der Waals surface area contributed by atoms with E-state index in [1.165, 1.54) is 16.7 Å². The minimum Gasteiger partial charge on any atom is -0.396 e. The largest absolute Gasteiger partial charge is 0.396 e. The molecule has 0 radical (unpaired) electrons. The van der Waals surface area contributed by atoms with Gasteiger partial charge in [-0.25, -0.2) is 0 Å². The molecule has 1 amide bonds. The first-order chi connectivity index (χ1) is 8.54. The van der Waals surface area contributed by atoms with Crippen molar-refractivity contribution in [1.82, 2.24) is 5.32 Å². The molecule has 1 rings (SSSR count). The van der Waals surface area contributed by atoms with Gasteiger partial charge in [-0.1, -0.05) is 32.0 Å². The van der Waals surface area contributed by atoms with Gasteiger partial charge >= 0.3 is 0 Å². The van der Waals surface area contributed by atoms with Crippen molar-refractivity contribution in [1.29, 1.82) is 0 Å². The molecule has 0 fully saturated rings. The summed E-state index contributed by atoms with van der Waals surface area (Å²) in [6.07, 6.45) is 0.913. The molecule has 0 spiro atoms. The van der Waals surface area contributed by atoms with Crippen molar-refractivity contribution >= 4 is 5.91 Å². The van der Waals surface area contributed by atoms with E-state index in [2.05, 4.69) is 44.3 Å². The quantitative estimate of drug-likeness (QED) is 0.814. The molecule has 100 valence electrons. The summed E-state index contributed by atoms with van der Waals surface area (Å²) >= 11 is 0. The second kappa shape index (κ2) is 7.17. The fourth-order valence-electron chi connectivity index (χ4n) is 1.76. The zero-order valence-electron chi connectivity index (χ0n) is 11.5. The Bertz CT molecular complexity index is 399. The lowest BCUT2D eigenvalue weighted by molar-refractivity contribution is -0.121. The SMILES string of the molecule is Cc1ccc(C(C)C)cc1CNC(=O)CCCO. The molecule has 2 N–H and O–H groups in total. The van der Waals surface area contributed by atoms with Crippen molar-refractivity contribution < 1.29 is 9.90 Å². The van der Waals surface area contributed by atoms with Crippen LogP contribution in [0.3, 0.4) is 0 Å². The van der Waals surface area contributed by atoms with Gasteiger partial charge in [-0.3, -0.25) is 4.79 Å². The third-order valence-electron chi connectivity index (χ3n) is 3.08. The highest BCUT2D eigenvalue weighted by Gasteiger charge is 2.05. The topological polar surface area (TPSA) is 49.3 Å². The average Bonchev–Trinajstić information content (AvgIpc) is 2.35. The molecule has 3 heteroatoms. The van der Waals surface area contributed by atoms with Gasteiger partial charge < -0.3 is 10.4 Å². The van der Waals surface area contributed by atoms with E-state index in [0.29, 0.717) is 25.3 Å². The van der Waals surface area contributed by atoms with Gasteiger partial charge in [0.2, 0.25) is 5.91 Å². The molecule has 0 saturated carbocycles. The monoisotopic (exact) mass is 249 g/mol. The van der Waals surface area contributed by atoms with Crippen LogP contribution < -0.4 is 5.32 Å². The van der Waals surface area contributed by atoms with E-state index in [1.54, 1.807) is 0 Å². The highest BCUT2D eigenvalue weighted by atomic mass is 16.3. The number of amides is 1. The molecule has 0 aliphatic heterocycles. The smallest absolute Gasteiger partial charge is 0.220 e. The first-order valence-corrected chi connectivity index (χ1v) is 6.51. The average molecular weight is 249 g/mol. The fourth-order valence-corrected chi connectivity index (χ4v) is 1.76.